The minimum atomic E-state index is -0.527. The lowest BCUT2D eigenvalue weighted by Gasteiger charge is -2.09. The van der Waals surface area contributed by atoms with Gasteiger partial charge in [-0.05, 0) is 29.8 Å². The first-order valence-electron chi connectivity index (χ1n) is 5.91. The summed E-state index contributed by atoms with van der Waals surface area (Å²) >= 11 is 9.21. The maximum Gasteiger partial charge on any atom is 0.310 e. The zero-order chi connectivity index (χ0) is 15.4. The highest BCUT2D eigenvalue weighted by Gasteiger charge is 2.16. The van der Waals surface area contributed by atoms with E-state index in [4.69, 9.17) is 16.3 Å². The lowest BCUT2D eigenvalue weighted by molar-refractivity contribution is -0.386. The Morgan fingerprint density at radius 2 is 2.05 bits per heavy atom. The number of benzene rings is 2. The van der Waals surface area contributed by atoms with Gasteiger partial charge in [-0.15, -0.1) is 0 Å². The number of nitrogens with zero attached hydrogens (tertiary/aromatic N) is 1. The second-order valence-corrected chi connectivity index (χ2v) is 5.19. The molecule has 0 aromatic heterocycles. The van der Waals surface area contributed by atoms with Gasteiger partial charge >= 0.3 is 5.69 Å². The average molecular weight is 375 g/mol. The molecule has 0 bridgehead atoms. The van der Waals surface area contributed by atoms with Gasteiger partial charge in [-0.3, -0.25) is 10.1 Å². The minimum Gasteiger partial charge on any atom is -0.482 e. The Morgan fingerprint density at radius 3 is 2.71 bits per heavy atom. The van der Waals surface area contributed by atoms with Gasteiger partial charge < -0.3 is 4.74 Å². The van der Waals surface area contributed by atoms with Gasteiger partial charge in [-0.25, -0.2) is 4.39 Å². The van der Waals surface area contributed by atoms with E-state index in [2.05, 4.69) is 15.9 Å². The van der Waals surface area contributed by atoms with Crippen molar-refractivity contribution in [1.82, 2.24) is 0 Å². The number of ether oxygens (including phenoxy) is 1. The molecule has 7 heteroatoms. The van der Waals surface area contributed by atoms with Gasteiger partial charge in [0.2, 0.25) is 0 Å². The first kappa shape index (κ1) is 15.7. The zero-order valence-corrected chi connectivity index (χ0v) is 13.0. The first-order valence-corrected chi connectivity index (χ1v) is 7.41. The SMILES string of the molecule is O=[N+]([O-])c1ccc(CBr)cc1OCc1cc(F)ccc1Cl. The summed E-state index contributed by atoms with van der Waals surface area (Å²) in [5, 5.41) is 11.9. The van der Waals surface area contributed by atoms with E-state index in [1.54, 1.807) is 12.1 Å². The van der Waals surface area contributed by atoms with E-state index < -0.39 is 10.7 Å². The lowest BCUT2D eigenvalue weighted by atomic mass is 10.2. The van der Waals surface area contributed by atoms with Crippen molar-refractivity contribution in [3.8, 4) is 5.75 Å². The van der Waals surface area contributed by atoms with Crippen LogP contribution in [-0.2, 0) is 11.9 Å². The van der Waals surface area contributed by atoms with E-state index in [0.29, 0.717) is 15.9 Å². The molecule has 0 N–H and O–H groups in total. The van der Waals surface area contributed by atoms with Crippen LogP contribution in [0.4, 0.5) is 10.1 Å². The van der Waals surface area contributed by atoms with Crippen LogP contribution in [0.1, 0.15) is 11.1 Å². The Kier molecular flexibility index (Phi) is 5.14. The van der Waals surface area contributed by atoms with Gasteiger partial charge in [0.1, 0.15) is 12.4 Å². The van der Waals surface area contributed by atoms with Crippen molar-refractivity contribution in [2.75, 3.05) is 0 Å². The molecule has 0 fully saturated rings. The number of hydrogen-bond donors (Lipinski definition) is 0. The molecule has 0 amide bonds. The van der Waals surface area contributed by atoms with Gasteiger partial charge in [0.05, 0.1) is 4.92 Å². The van der Waals surface area contributed by atoms with E-state index in [1.807, 2.05) is 0 Å². The molecule has 0 heterocycles. The van der Waals surface area contributed by atoms with Gasteiger partial charge in [0, 0.05) is 22.0 Å². The molecule has 4 nitrogen and oxygen atoms in total. The van der Waals surface area contributed by atoms with Crippen molar-refractivity contribution >= 4 is 33.2 Å². The fraction of sp³-hybridized carbons (Fsp3) is 0.143. The maximum absolute atomic E-state index is 13.2. The molecule has 0 aliphatic heterocycles. The normalized spacial score (nSPS) is 10.4. The molecule has 2 aromatic carbocycles. The summed E-state index contributed by atoms with van der Waals surface area (Å²) in [7, 11) is 0. The smallest absolute Gasteiger partial charge is 0.310 e. The quantitative estimate of drug-likeness (QED) is 0.426. The van der Waals surface area contributed by atoms with Crippen molar-refractivity contribution in [3.05, 3.63) is 68.5 Å². The third-order valence-electron chi connectivity index (χ3n) is 2.77. The molecule has 0 saturated carbocycles. The van der Waals surface area contributed by atoms with Gasteiger partial charge in [-0.2, -0.15) is 0 Å². The Bertz CT molecular complexity index is 681. The highest BCUT2D eigenvalue weighted by atomic mass is 79.9. The number of hydrogen-bond acceptors (Lipinski definition) is 3. The third-order valence-corrected chi connectivity index (χ3v) is 3.78. The summed E-state index contributed by atoms with van der Waals surface area (Å²) in [5.74, 6) is -0.320. The Morgan fingerprint density at radius 1 is 1.29 bits per heavy atom. The second kappa shape index (κ2) is 6.87. The molecule has 2 aromatic rings. The molecule has 0 saturated heterocycles. The summed E-state index contributed by atoms with van der Waals surface area (Å²) in [6, 6.07) is 8.47. The molecule has 0 unspecified atom stereocenters. The topological polar surface area (TPSA) is 52.4 Å². The molecular formula is C14H10BrClFNO3. The molecule has 2 rings (SSSR count). The van der Waals surface area contributed by atoms with Crippen LogP contribution in [0.5, 0.6) is 5.75 Å². The maximum atomic E-state index is 13.2. The molecule has 0 radical (unpaired) electrons. The van der Waals surface area contributed by atoms with Crippen LogP contribution in [0.3, 0.4) is 0 Å². The van der Waals surface area contributed by atoms with E-state index in [-0.39, 0.29) is 18.0 Å². The molecular weight excluding hydrogens is 365 g/mol. The molecule has 0 atom stereocenters. The van der Waals surface area contributed by atoms with Crippen LogP contribution in [0.25, 0.3) is 0 Å². The van der Waals surface area contributed by atoms with E-state index in [1.165, 1.54) is 24.3 Å². The molecule has 0 spiro atoms. The van der Waals surface area contributed by atoms with Gasteiger partial charge in [0.25, 0.3) is 0 Å². The summed E-state index contributed by atoms with van der Waals surface area (Å²) in [6.45, 7) is -0.0524. The summed E-state index contributed by atoms with van der Waals surface area (Å²) < 4.78 is 18.6. The van der Waals surface area contributed by atoms with Crippen LogP contribution >= 0.6 is 27.5 Å². The fourth-order valence-corrected chi connectivity index (χ4v) is 2.24. The molecule has 21 heavy (non-hydrogen) atoms. The molecule has 0 aliphatic carbocycles. The summed E-state index contributed by atoms with van der Waals surface area (Å²) in [4.78, 5) is 10.5. The Labute approximate surface area is 133 Å². The lowest BCUT2D eigenvalue weighted by Crippen LogP contribution is -2.01. The van der Waals surface area contributed by atoms with E-state index >= 15 is 0 Å². The van der Waals surface area contributed by atoms with Crippen LogP contribution < -0.4 is 4.74 Å². The van der Waals surface area contributed by atoms with Crippen molar-refractivity contribution in [2.24, 2.45) is 0 Å². The van der Waals surface area contributed by atoms with Crippen LogP contribution in [-0.4, -0.2) is 4.92 Å². The molecule has 0 aliphatic rings. The Hall–Kier alpha value is -1.66. The highest BCUT2D eigenvalue weighted by Crippen LogP contribution is 2.30. The second-order valence-electron chi connectivity index (χ2n) is 4.22. The predicted molar refractivity (Wildman–Crippen MR) is 81.5 cm³/mol. The first-order chi connectivity index (χ1) is 10.0. The largest absolute Gasteiger partial charge is 0.482 e. The third kappa shape index (κ3) is 3.92. The average Bonchev–Trinajstić information content (AvgIpc) is 2.47. The molecule has 110 valence electrons. The van der Waals surface area contributed by atoms with E-state index in [9.17, 15) is 14.5 Å². The monoisotopic (exact) mass is 373 g/mol. The van der Waals surface area contributed by atoms with Crippen LogP contribution in [0, 0.1) is 15.9 Å². The van der Waals surface area contributed by atoms with Crippen molar-refractivity contribution in [2.45, 2.75) is 11.9 Å². The summed E-state index contributed by atoms with van der Waals surface area (Å²) in [6.07, 6.45) is 0. The fourth-order valence-electron chi connectivity index (χ4n) is 1.72. The summed E-state index contributed by atoms with van der Waals surface area (Å²) in [5.41, 5.74) is 1.11. The number of alkyl halides is 1. The van der Waals surface area contributed by atoms with Crippen molar-refractivity contribution in [3.63, 3.8) is 0 Å². The van der Waals surface area contributed by atoms with Crippen molar-refractivity contribution in [1.29, 1.82) is 0 Å². The standard InChI is InChI=1S/C14H10BrClFNO3/c15-7-9-1-4-13(18(19)20)14(5-9)21-8-10-6-11(17)2-3-12(10)16/h1-6H,7-8H2. The van der Waals surface area contributed by atoms with Crippen LogP contribution in [0.2, 0.25) is 5.02 Å². The number of nitro groups is 1. The zero-order valence-electron chi connectivity index (χ0n) is 10.7. The van der Waals surface area contributed by atoms with Gasteiger partial charge in [0.15, 0.2) is 5.75 Å². The van der Waals surface area contributed by atoms with Gasteiger partial charge in [-0.1, -0.05) is 33.6 Å². The van der Waals surface area contributed by atoms with Crippen molar-refractivity contribution < 1.29 is 14.1 Å². The number of nitro benzene ring substituents is 1. The van der Waals surface area contributed by atoms with Crippen LogP contribution in [0.15, 0.2) is 36.4 Å². The number of halogens is 3. The van der Waals surface area contributed by atoms with E-state index in [0.717, 1.165) is 5.56 Å². The Balaban J connectivity index is 2.26. The minimum absolute atomic E-state index is 0.0524. The number of rotatable bonds is 5. The highest BCUT2D eigenvalue weighted by molar-refractivity contribution is 9.08. The predicted octanol–water partition coefficient (Wildman–Crippen LogP) is 4.86.